The van der Waals surface area contributed by atoms with Crippen LogP contribution in [0.15, 0.2) is 0 Å². The third kappa shape index (κ3) is 6.54. The first-order valence-electron chi connectivity index (χ1n) is 4.49. The van der Waals surface area contributed by atoms with Gasteiger partial charge in [-0.2, -0.15) is 0 Å². The Morgan fingerprint density at radius 3 is 2.38 bits per heavy atom. The van der Waals surface area contributed by atoms with E-state index in [1.165, 1.54) is 13.8 Å². The summed E-state index contributed by atoms with van der Waals surface area (Å²) < 4.78 is 0. The smallest absolute Gasteiger partial charge is 0.251 e. The molecule has 0 bridgehead atoms. The van der Waals surface area contributed by atoms with E-state index in [9.17, 15) is 9.90 Å². The lowest BCUT2D eigenvalue weighted by atomic mass is 10.1. The van der Waals surface area contributed by atoms with E-state index in [1.54, 1.807) is 0 Å². The number of hydrogen-bond acceptors (Lipinski definition) is 3. The van der Waals surface area contributed by atoms with Crippen molar-refractivity contribution in [3.8, 4) is 0 Å². The Hall–Kier alpha value is -0.610. The van der Waals surface area contributed by atoms with Crippen molar-refractivity contribution in [2.75, 3.05) is 27.2 Å². The van der Waals surface area contributed by atoms with Gasteiger partial charge in [0.25, 0.3) is 5.91 Å². The number of carbonyl (C=O) groups excluding carboxylic acids is 1. The molecule has 0 unspecified atom stereocenters. The Bertz CT molecular complexity index is 161. The average molecular weight is 188 g/mol. The predicted octanol–water partition coefficient (Wildman–Crippen LogP) is -0.175. The minimum atomic E-state index is -1.27. The van der Waals surface area contributed by atoms with E-state index in [2.05, 4.69) is 10.2 Å². The van der Waals surface area contributed by atoms with Gasteiger partial charge in [0.2, 0.25) is 0 Å². The highest BCUT2D eigenvalue weighted by molar-refractivity contribution is 5.83. The normalized spacial score (nSPS) is 11.8. The quantitative estimate of drug-likeness (QED) is 0.589. The fourth-order valence-corrected chi connectivity index (χ4v) is 0.814. The first-order chi connectivity index (χ1) is 5.84. The second-order valence-corrected chi connectivity index (χ2v) is 3.97. The SMILES string of the molecule is CN(C)CCCNC(=O)C(C)(C)O. The Kier molecular flexibility index (Phi) is 4.95. The fourth-order valence-electron chi connectivity index (χ4n) is 0.814. The standard InChI is InChI=1S/C9H20N2O2/c1-9(2,13)8(12)10-6-5-7-11(3)4/h13H,5-7H2,1-4H3,(H,10,12). The lowest BCUT2D eigenvalue weighted by Crippen LogP contribution is -2.42. The van der Waals surface area contributed by atoms with Crippen LogP contribution in [0.1, 0.15) is 20.3 Å². The van der Waals surface area contributed by atoms with Gasteiger partial charge in [0.05, 0.1) is 0 Å². The lowest BCUT2D eigenvalue weighted by molar-refractivity contribution is -0.136. The summed E-state index contributed by atoms with van der Waals surface area (Å²) in [6.45, 7) is 4.51. The summed E-state index contributed by atoms with van der Waals surface area (Å²) in [6, 6.07) is 0. The van der Waals surface area contributed by atoms with Gasteiger partial charge >= 0.3 is 0 Å². The van der Waals surface area contributed by atoms with E-state index in [4.69, 9.17) is 0 Å². The van der Waals surface area contributed by atoms with Gasteiger partial charge in [0, 0.05) is 6.54 Å². The summed E-state index contributed by atoms with van der Waals surface area (Å²) >= 11 is 0. The van der Waals surface area contributed by atoms with Crippen LogP contribution < -0.4 is 5.32 Å². The molecule has 13 heavy (non-hydrogen) atoms. The van der Waals surface area contributed by atoms with Crippen molar-refractivity contribution in [2.24, 2.45) is 0 Å². The highest BCUT2D eigenvalue weighted by Crippen LogP contribution is 1.99. The molecule has 0 aromatic rings. The molecule has 4 nitrogen and oxygen atoms in total. The average Bonchev–Trinajstić information content (AvgIpc) is 1.95. The van der Waals surface area contributed by atoms with Crippen LogP contribution in [0.25, 0.3) is 0 Å². The van der Waals surface area contributed by atoms with Crippen LogP contribution in [0.5, 0.6) is 0 Å². The molecule has 0 saturated heterocycles. The van der Waals surface area contributed by atoms with Crippen molar-refractivity contribution in [1.29, 1.82) is 0 Å². The van der Waals surface area contributed by atoms with Crippen molar-refractivity contribution >= 4 is 5.91 Å². The Labute approximate surface area is 79.9 Å². The number of carbonyl (C=O) groups is 1. The molecule has 0 atom stereocenters. The van der Waals surface area contributed by atoms with E-state index in [1.807, 2.05) is 14.1 Å². The van der Waals surface area contributed by atoms with Gasteiger partial charge in [-0.15, -0.1) is 0 Å². The molecule has 4 heteroatoms. The first kappa shape index (κ1) is 12.4. The zero-order valence-electron chi connectivity index (χ0n) is 8.92. The number of aliphatic hydroxyl groups is 1. The summed E-state index contributed by atoms with van der Waals surface area (Å²) in [4.78, 5) is 13.2. The summed E-state index contributed by atoms with van der Waals surface area (Å²) in [6.07, 6.45) is 0.898. The maximum absolute atomic E-state index is 11.1. The zero-order valence-corrected chi connectivity index (χ0v) is 8.92. The molecule has 78 valence electrons. The van der Waals surface area contributed by atoms with Crippen LogP contribution >= 0.6 is 0 Å². The Morgan fingerprint density at radius 1 is 1.46 bits per heavy atom. The topological polar surface area (TPSA) is 52.6 Å². The van der Waals surface area contributed by atoms with E-state index in [0.29, 0.717) is 6.54 Å². The molecule has 0 spiro atoms. The first-order valence-corrected chi connectivity index (χ1v) is 4.49. The van der Waals surface area contributed by atoms with Crippen LogP contribution in [0.3, 0.4) is 0 Å². The summed E-state index contributed by atoms with van der Waals surface area (Å²) in [7, 11) is 3.97. The summed E-state index contributed by atoms with van der Waals surface area (Å²) in [5.74, 6) is -0.314. The van der Waals surface area contributed by atoms with E-state index in [-0.39, 0.29) is 5.91 Å². The van der Waals surface area contributed by atoms with Gasteiger partial charge in [0.1, 0.15) is 5.60 Å². The molecule has 1 amide bonds. The molecule has 0 aromatic heterocycles. The van der Waals surface area contributed by atoms with Gasteiger partial charge in [-0.25, -0.2) is 0 Å². The summed E-state index contributed by atoms with van der Waals surface area (Å²) in [5.41, 5.74) is -1.27. The van der Waals surface area contributed by atoms with Gasteiger partial charge in [-0.05, 0) is 40.9 Å². The van der Waals surface area contributed by atoms with E-state index in [0.717, 1.165) is 13.0 Å². The van der Waals surface area contributed by atoms with E-state index < -0.39 is 5.60 Å². The fraction of sp³-hybridized carbons (Fsp3) is 0.889. The van der Waals surface area contributed by atoms with Crippen LogP contribution in [0.2, 0.25) is 0 Å². The molecule has 0 aliphatic rings. The molecular weight excluding hydrogens is 168 g/mol. The van der Waals surface area contributed by atoms with Gasteiger partial charge in [-0.3, -0.25) is 4.79 Å². The molecule has 0 aromatic carbocycles. The lowest BCUT2D eigenvalue weighted by Gasteiger charge is -2.17. The van der Waals surface area contributed by atoms with Crippen molar-refractivity contribution in [1.82, 2.24) is 10.2 Å². The minimum Gasteiger partial charge on any atom is -0.381 e. The third-order valence-corrected chi connectivity index (χ3v) is 1.62. The largest absolute Gasteiger partial charge is 0.381 e. The molecule has 0 fully saturated rings. The van der Waals surface area contributed by atoms with Crippen LogP contribution in [-0.4, -0.2) is 48.7 Å². The number of nitrogens with zero attached hydrogens (tertiary/aromatic N) is 1. The maximum atomic E-state index is 11.1. The van der Waals surface area contributed by atoms with E-state index >= 15 is 0 Å². The summed E-state index contributed by atoms with van der Waals surface area (Å²) in [5, 5.41) is 11.9. The second kappa shape index (κ2) is 5.19. The monoisotopic (exact) mass is 188 g/mol. The van der Waals surface area contributed by atoms with Gasteiger partial charge in [0.15, 0.2) is 0 Å². The number of rotatable bonds is 5. The third-order valence-electron chi connectivity index (χ3n) is 1.62. The number of hydrogen-bond donors (Lipinski definition) is 2. The van der Waals surface area contributed by atoms with Crippen molar-refractivity contribution in [3.05, 3.63) is 0 Å². The highest BCUT2D eigenvalue weighted by Gasteiger charge is 2.22. The minimum absolute atomic E-state index is 0.314. The molecular formula is C9H20N2O2. The van der Waals surface area contributed by atoms with Crippen molar-refractivity contribution in [3.63, 3.8) is 0 Å². The Morgan fingerprint density at radius 2 is 2.00 bits per heavy atom. The van der Waals surface area contributed by atoms with Gasteiger partial charge < -0.3 is 15.3 Å². The molecule has 0 aliphatic carbocycles. The Balaban J connectivity index is 3.49. The molecule has 0 radical (unpaired) electrons. The van der Waals surface area contributed by atoms with Crippen molar-refractivity contribution < 1.29 is 9.90 Å². The molecule has 2 N–H and O–H groups in total. The number of nitrogens with one attached hydrogen (secondary N) is 1. The number of amides is 1. The van der Waals surface area contributed by atoms with Crippen LogP contribution in [-0.2, 0) is 4.79 Å². The molecule has 0 saturated carbocycles. The van der Waals surface area contributed by atoms with Crippen LogP contribution in [0.4, 0.5) is 0 Å². The van der Waals surface area contributed by atoms with Gasteiger partial charge in [-0.1, -0.05) is 0 Å². The molecule has 0 rings (SSSR count). The molecule has 0 aliphatic heterocycles. The second-order valence-electron chi connectivity index (χ2n) is 3.97. The highest BCUT2D eigenvalue weighted by atomic mass is 16.3. The maximum Gasteiger partial charge on any atom is 0.251 e. The van der Waals surface area contributed by atoms with Crippen LogP contribution in [0, 0.1) is 0 Å². The van der Waals surface area contributed by atoms with Crippen molar-refractivity contribution in [2.45, 2.75) is 25.9 Å². The molecule has 0 heterocycles. The zero-order chi connectivity index (χ0) is 10.5. The predicted molar refractivity (Wildman–Crippen MR) is 52.5 cm³/mol.